The Hall–Kier alpha value is -1.14. The van der Waals surface area contributed by atoms with Crippen LogP contribution < -0.4 is 5.32 Å². The highest BCUT2D eigenvalue weighted by atomic mass is 16.5. The average molecular weight is 1220 g/mol. The van der Waals surface area contributed by atoms with Gasteiger partial charge in [-0.1, -0.05) is 438 Å². The molecule has 0 aromatic rings. The molecule has 0 saturated heterocycles. The summed E-state index contributed by atoms with van der Waals surface area (Å²) in [5, 5.41) is 23.5. The summed E-state index contributed by atoms with van der Waals surface area (Å²) in [6.45, 7) is 5.02. The van der Waals surface area contributed by atoms with E-state index in [9.17, 15) is 19.8 Å². The lowest BCUT2D eigenvalue weighted by Gasteiger charge is -2.22. The van der Waals surface area contributed by atoms with Crippen molar-refractivity contribution in [3.8, 4) is 0 Å². The van der Waals surface area contributed by atoms with Crippen molar-refractivity contribution in [1.29, 1.82) is 0 Å². The highest BCUT2D eigenvalue weighted by molar-refractivity contribution is 5.76. The molecule has 0 fully saturated rings. The highest BCUT2D eigenvalue weighted by Crippen LogP contribution is 2.21. The fraction of sp³-hybridized carbons (Fsp3) is 0.975. The third-order valence-electron chi connectivity index (χ3n) is 19.4. The Labute approximate surface area is 540 Å². The molecule has 2 atom stereocenters. The van der Waals surface area contributed by atoms with E-state index in [1.165, 1.54) is 405 Å². The molecule has 2 unspecified atom stereocenters. The molecule has 6 nitrogen and oxygen atoms in total. The van der Waals surface area contributed by atoms with Crippen molar-refractivity contribution in [3.63, 3.8) is 0 Å². The molecule has 0 aliphatic carbocycles. The summed E-state index contributed by atoms with van der Waals surface area (Å²) in [7, 11) is 0. The van der Waals surface area contributed by atoms with E-state index in [4.69, 9.17) is 4.74 Å². The fourth-order valence-electron chi connectivity index (χ4n) is 13.3. The molecule has 0 bridgehead atoms. The van der Waals surface area contributed by atoms with Gasteiger partial charge in [0.1, 0.15) is 0 Å². The third-order valence-corrected chi connectivity index (χ3v) is 19.4. The molecule has 0 radical (unpaired) electrons. The van der Waals surface area contributed by atoms with Gasteiger partial charge in [0.25, 0.3) is 0 Å². The van der Waals surface area contributed by atoms with Crippen LogP contribution in [0.4, 0.5) is 0 Å². The molecule has 514 valence electrons. The van der Waals surface area contributed by atoms with Crippen molar-refractivity contribution in [1.82, 2.24) is 5.32 Å². The SMILES string of the molecule is CCCCCCCCCCCCCCCCCCCCCCCCCC(O)C(CO)NC(=O)CCCCCCCCCCCCCCCCCCCCCCCCCCCCCCCCCCOC(=O)CCCCCCCCCCCCCCCC. The Morgan fingerprint density at radius 2 is 0.477 bits per heavy atom. The summed E-state index contributed by atoms with van der Waals surface area (Å²) in [4.78, 5) is 24.7. The number of carbonyl (C=O) groups excluding carboxylic acids is 2. The van der Waals surface area contributed by atoms with E-state index in [0.29, 0.717) is 25.9 Å². The van der Waals surface area contributed by atoms with Crippen LogP contribution in [0.1, 0.15) is 476 Å². The van der Waals surface area contributed by atoms with Crippen molar-refractivity contribution in [2.24, 2.45) is 0 Å². The van der Waals surface area contributed by atoms with Gasteiger partial charge in [-0.3, -0.25) is 9.59 Å². The average Bonchev–Trinajstić information content (AvgIpc) is 3.58. The van der Waals surface area contributed by atoms with Gasteiger partial charge in [0.05, 0.1) is 25.4 Å². The maximum atomic E-state index is 12.6. The van der Waals surface area contributed by atoms with E-state index in [-0.39, 0.29) is 18.5 Å². The van der Waals surface area contributed by atoms with Gasteiger partial charge in [0, 0.05) is 12.8 Å². The number of carbonyl (C=O) groups is 2. The predicted molar refractivity (Wildman–Crippen MR) is 380 cm³/mol. The minimum absolute atomic E-state index is 0.0239. The molecule has 0 heterocycles. The quantitative estimate of drug-likeness (QED) is 0.0417. The summed E-state index contributed by atoms with van der Waals surface area (Å²) < 4.78 is 5.50. The van der Waals surface area contributed by atoms with Crippen molar-refractivity contribution in [2.75, 3.05) is 13.2 Å². The maximum Gasteiger partial charge on any atom is 0.305 e. The Morgan fingerprint density at radius 3 is 0.709 bits per heavy atom. The number of esters is 1. The second-order valence-corrected chi connectivity index (χ2v) is 28.1. The maximum absolute atomic E-state index is 12.6. The summed E-state index contributed by atoms with van der Waals surface area (Å²) in [5.41, 5.74) is 0. The summed E-state index contributed by atoms with van der Waals surface area (Å²) in [6, 6.07) is -0.538. The van der Waals surface area contributed by atoms with E-state index in [0.717, 1.165) is 38.5 Å². The van der Waals surface area contributed by atoms with Crippen LogP contribution in [-0.4, -0.2) is 47.4 Å². The van der Waals surface area contributed by atoms with Gasteiger partial charge in [0.15, 0.2) is 0 Å². The van der Waals surface area contributed by atoms with Crippen LogP contribution in [-0.2, 0) is 14.3 Å². The lowest BCUT2D eigenvalue weighted by Crippen LogP contribution is -2.45. The number of hydrogen-bond donors (Lipinski definition) is 3. The minimum atomic E-state index is -0.661. The van der Waals surface area contributed by atoms with Crippen LogP contribution in [0.25, 0.3) is 0 Å². The lowest BCUT2D eigenvalue weighted by atomic mass is 10.0. The minimum Gasteiger partial charge on any atom is -0.466 e. The van der Waals surface area contributed by atoms with Crippen LogP contribution in [0.5, 0.6) is 0 Å². The van der Waals surface area contributed by atoms with Gasteiger partial charge in [-0.05, 0) is 25.7 Å². The number of ether oxygens (including phenoxy) is 1. The van der Waals surface area contributed by atoms with E-state index in [1.807, 2.05) is 0 Å². The molecule has 6 heteroatoms. The number of nitrogens with one attached hydrogen (secondary N) is 1. The van der Waals surface area contributed by atoms with Crippen molar-refractivity contribution in [2.45, 2.75) is 488 Å². The number of amides is 1. The number of hydrogen-bond acceptors (Lipinski definition) is 5. The molecule has 0 aromatic heterocycles. The largest absolute Gasteiger partial charge is 0.466 e. The first-order valence-corrected chi connectivity index (χ1v) is 40.3. The topological polar surface area (TPSA) is 95.9 Å². The Bertz CT molecular complexity index is 1260. The van der Waals surface area contributed by atoms with Crippen LogP contribution in [0.3, 0.4) is 0 Å². The second kappa shape index (κ2) is 76.3. The number of aliphatic hydroxyl groups excluding tert-OH is 2. The summed E-state index contributed by atoms with van der Waals surface area (Å²) >= 11 is 0. The normalized spacial score (nSPS) is 12.4. The van der Waals surface area contributed by atoms with Gasteiger partial charge in [-0.15, -0.1) is 0 Å². The van der Waals surface area contributed by atoms with Gasteiger partial charge in [-0.2, -0.15) is 0 Å². The smallest absolute Gasteiger partial charge is 0.305 e. The molecule has 0 aliphatic rings. The molecule has 0 spiro atoms. The first-order valence-electron chi connectivity index (χ1n) is 40.3. The van der Waals surface area contributed by atoms with Gasteiger partial charge in [0.2, 0.25) is 5.91 Å². The zero-order valence-electron chi connectivity index (χ0n) is 59.1. The Morgan fingerprint density at radius 1 is 0.279 bits per heavy atom. The standard InChI is InChI=1S/C80H159NO5/c1-3-5-7-9-11-13-15-17-19-20-21-22-33-36-39-42-45-48-52-56-60-64-68-72-78(83)77(76-82)81-79(84)73-69-65-61-57-53-49-46-43-40-37-34-31-29-27-25-23-24-26-28-30-32-35-38-41-44-47-51-55-59-63-67-71-75-86-80(85)74-70-66-62-58-54-50-18-16-14-12-10-8-6-4-2/h77-78,82-83H,3-76H2,1-2H3,(H,81,84). The number of aliphatic hydroxyl groups is 2. The van der Waals surface area contributed by atoms with Gasteiger partial charge < -0.3 is 20.3 Å². The molecule has 0 saturated carbocycles. The number of unbranched alkanes of at least 4 members (excludes halogenated alkanes) is 66. The molecule has 3 N–H and O–H groups in total. The monoisotopic (exact) mass is 1210 g/mol. The summed E-state index contributed by atoms with van der Waals surface area (Å²) in [6.07, 6.45) is 94.9. The molecule has 1 amide bonds. The molecular weight excluding hydrogens is 1050 g/mol. The molecule has 0 rings (SSSR count). The zero-order valence-corrected chi connectivity index (χ0v) is 59.1. The second-order valence-electron chi connectivity index (χ2n) is 28.1. The Kier molecular flexibility index (Phi) is 75.3. The van der Waals surface area contributed by atoms with Crippen LogP contribution in [0.15, 0.2) is 0 Å². The first-order chi connectivity index (χ1) is 42.5. The van der Waals surface area contributed by atoms with Gasteiger partial charge in [-0.25, -0.2) is 0 Å². The third kappa shape index (κ3) is 71.9. The summed E-state index contributed by atoms with van der Waals surface area (Å²) in [5.74, 6) is 0.00115. The van der Waals surface area contributed by atoms with Crippen molar-refractivity contribution >= 4 is 11.9 Å². The highest BCUT2D eigenvalue weighted by Gasteiger charge is 2.20. The molecular formula is C80H159NO5. The fourth-order valence-corrected chi connectivity index (χ4v) is 13.3. The lowest BCUT2D eigenvalue weighted by molar-refractivity contribution is -0.143. The van der Waals surface area contributed by atoms with Crippen LogP contribution >= 0.6 is 0 Å². The van der Waals surface area contributed by atoms with E-state index in [2.05, 4.69) is 19.2 Å². The van der Waals surface area contributed by atoms with E-state index < -0.39 is 12.1 Å². The predicted octanol–water partition coefficient (Wildman–Crippen LogP) is 26.5. The molecule has 86 heavy (non-hydrogen) atoms. The van der Waals surface area contributed by atoms with Crippen LogP contribution in [0, 0.1) is 0 Å². The van der Waals surface area contributed by atoms with E-state index >= 15 is 0 Å². The zero-order chi connectivity index (χ0) is 62.0. The number of rotatable bonds is 77. The van der Waals surface area contributed by atoms with E-state index in [1.54, 1.807) is 0 Å². The molecule has 0 aromatic carbocycles. The van der Waals surface area contributed by atoms with Crippen molar-refractivity contribution in [3.05, 3.63) is 0 Å². The molecule has 0 aliphatic heterocycles. The Balaban J connectivity index is 3.32. The first kappa shape index (κ1) is 84.9. The van der Waals surface area contributed by atoms with Crippen molar-refractivity contribution < 1.29 is 24.5 Å². The van der Waals surface area contributed by atoms with Crippen LogP contribution in [0.2, 0.25) is 0 Å². The van der Waals surface area contributed by atoms with Gasteiger partial charge >= 0.3 is 5.97 Å².